The Hall–Kier alpha value is -5.06. The van der Waals surface area contributed by atoms with Crippen molar-refractivity contribution in [2.75, 3.05) is 0 Å². The molecule has 0 spiro atoms. The lowest BCUT2D eigenvalue weighted by Gasteiger charge is -2.13. The van der Waals surface area contributed by atoms with Crippen LogP contribution in [-0.4, -0.2) is 59.3 Å². The monoisotopic (exact) mass is 484 g/mol. The van der Waals surface area contributed by atoms with E-state index in [4.69, 9.17) is 10.2 Å². The molecule has 0 radical (unpaired) electrons. The molecule has 0 aliphatic heterocycles. The third kappa shape index (κ3) is 4.37. The number of fused-ring (bicyclic) bond motifs is 3. The van der Waals surface area contributed by atoms with Crippen molar-refractivity contribution in [3.63, 3.8) is 0 Å². The lowest BCUT2D eigenvalue weighted by molar-refractivity contribution is -0.145. The zero-order chi connectivity index (χ0) is 25.2. The zero-order valence-electron chi connectivity index (χ0n) is 18.8. The maximum absolute atomic E-state index is 12.5. The first kappa shape index (κ1) is 22.7. The van der Waals surface area contributed by atoms with Crippen molar-refractivity contribution in [3.8, 4) is 11.4 Å². The van der Waals surface area contributed by atoms with E-state index in [-0.39, 0.29) is 5.56 Å². The highest BCUT2D eigenvalue weighted by Gasteiger charge is 2.23. The smallest absolute Gasteiger partial charge is 0.326 e. The van der Waals surface area contributed by atoms with Crippen LogP contribution in [0.1, 0.15) is 22.3 Å². The minimum atomic E-state index is -1.51. The van der Waals surface area contributed by atoms with Crippen LogP contribution in [0.4, 0.5) is 0 Å². The summed E-state index contributed by atoms with van der Waals surface area (Å²) in [6.07, 6.45) is -0.707. The van der Waals surface area contributed by atoms with Gasteiger partial charge >= 0.3 is 11.9 Å². The van der Waals surface area contributed by atoms with Crippen molar-refractivity contribution >= 4 is 39.7 Å². The second-order valence-corrected chi connectivity index (χ2v) is 8.23. The third-order valence-electron chi connectivity index (χ3n) is 5.91. The summed E-state index contributed by atoms with van der Waals surface area (Å²) in [7, 11) is 0. The first-order valence-electron chi connectivity index (χ1n) is 11.0. The molecule has 0 unspecified atom stereocenters. The molecule has 36 heavy (non-hydrogen) atoms. The molecule has 0 fully saturated rings. The average Bonchev–Trinajstić information content (AvgIpc) is 3.51. The molecule has 11 nitrogen and oxygen atoms in total. The van der Waals surface area contributed by atoms with Gasteiger partial charge in [0.2, 0.25) is 5.82 Å². The molecule has 2 heterocycles. The van der Waals surface area contributed by atoms with Gasteiger partial charge in [-0.3, -0.25) is 9.59 Å². The highest BCUT2D eigenvalue weighted by molar-refractivity contribution is 6.09. The van der Waals surface area contributed by atoms with Crippen molar-refractivity contribution in [1.82, 2.24) is 30.5 Å². The summed E-state index contributed by atoms with van der Waals surface area (Å²) < 4.78 is 2.17. The normalized spacial score (nSPS) is 12.0. The molecule has 0 saturated carbocycles. The van der Waals surface area contributed by atoms with Crippen molar-refractivity contribution in [1.29, 1.82) is 0 Å². The molecule has 4 N–H and O–H groups in total. The number of amides is 1. The van der Waals surface area contributed by atoms with Gasteiger partial charge in [0.15, 0.2) is 0 Å². The van der Waals surface area contributed by atoms with Crippen molar-refractivity contribution < 1.29 is 24.6 Å². The molecule has 11 heteroatoms. The number of aliphatic carboxylic acids is 2. The maximum atomic E-state index is 12.5. The topological polar surface area (TPSA) is 163 Å². The third-order valence-corrected chi connectivity index (χ3v) is 5.91. The molecule has 0 aliphatic carbocycles. The van der Waals surface area contributed by atoms with E-state index in [1.54, 1.807) is 24.3 Å². The highest BCUT2D eigenvalue weighted by atomic mass is 16.4. The number of nitrogens with one attached hydrogen (secondary N) is 2. The number of para-hydroxylation sites is 1. The molecule has 180 valence electrons. The average molecular weight is 484 g/mol. The summed E-state index contributed by atoms with van der Waals surface area (Å²) in [5.74, 6) is -2.86. The fourth-order valence-electron chi connectivity index (χ4n) is 4.21. The van der Waals surface area contributed by atoms with Crippen LogP contribution in [0.25, 0.3) is 33.2 Å². The molecule has 5 aromatic rings. The number of aromatic amines is 1. The molecule has 5 rings (SSSR count). The SMILES string of the molecule is O=C(O)C[C@H](NC(=O)c1ccc(Cn2c3ccccc3c3cc(-c4nn[nH]n4)ccc32)cc1)C(=O)O. The molecular weight excluding hydrogens is 464 g/mol. The Balaban J connectivity index is 1.43. The molecule has 1 amide bonds. The Kier molecular flexibility index (Phi) is 5.87. The minimum absolute atomic E-state index is 0.238. The predicted molar refractivity (Wildman–Crippen MR) is 129 cm³/mol. The second kappa shape index (κ2) is 9.29. The highest BCUT2D eigenvalue weighted by Crippen LogP contribution is 2.32. The summed E-state index contributed by atoms with van der Waals surface area (Å²) in [5.41, 5.74) is 4.07. The number of benzene rings is 3. The Bertz CT molecular complexity index is 1590. The van der Waals surface area contributed by atoms with Crippen molar-refractivity contribution in [2.45, 2.75) is 19.0 Å². The largest absolute Gasteiger partial charge is 0.481 e. The van der Waals surface area contributed by atoms with Crippen molar-refractivity contribution in [2.24, 2.45) is 0 Å². The van der Waals surface area contributed by atoms with E-state index in [1.165, 1.54) is 0 Å². The maximum Gasteiger partial charge on any atom is 0.326 e. The first-order chi connectivity index (χ1) is 17.4. The van der Waals surface area contributed by atoms with Gasteiger partial charge in [0.25, 0.3) is 5.91 Å². The molecule has 1 atom stereocenters. The van der Waals surface area contributed by atoms with Gasteiger partial charge in [-0.25, -0.2) is 4.79 Å². The number of H-pyrrole nitrogens is 1. The Morgan fingerprint density at radius 1 is 0.944 bits per heavy atom. The number of carboxylic acids is 2. The van der Waals surface area contributed by atoms with Gasteiger partial charge in [-0.05, 0) is 47.2 Å². The lowest BCUT2D eigenvalue weighted by Crippen LogP contribution is -2.42. The Morgan fingerprint density at radius 3 is 2.39 bits per heavy atom. The molecule has 3 aromatic carbocycles. The predicted octanol–water partition coefficient (Wildman–Crippen LogP) is 2.68. The van der Waals surface area contributed by atoms with Crippen LogP contribution >= 0.6 is 0 Å². The fraction of sp³-hybridized carbons (Fsp3) is 0.120. The number of carbonyl (C=O) groups is 3. The van der Waals surface area contributed by atoms with Gasteiger partial charge in [-0.1, -0.05) is 30.3 Å². The first-order valence-corrected chi connectivity index (χ1v) is 11.0. The summed E-state index contributed by atoms with van der Waals surface area (Å²) in [6.45, 7) is 0.532. The molecule has 0 aliphatic rings. The quantitative estimate of drug-likeness (QED) is 0.261. The van der Waals surface area contributed by atoms with Crippen LogP contribution in [-0.2, 0) is 16.1 Å². The van der Waals surface area contributed by atoms with Crippen LogP contribution in [0.2, 0.25) is 0 Å². The van der Waals surface area contributed by atoms with E-state index in [9.17, 15) is 14.4 Å². The standard InChI is InChI=1S/C25H20N6O5/c32-22(33)12-19(25(35)36)26-24(34)15-7-5-14(6-8-15)13-31-20-4-2-1-3-17(20)18-11-16(9-10-21(18)31)23-27-29-30-28-23/h1-11,19H,12-13H2,(H,26,34)(H,32,33)(H,35,36)(H,27,28,29,30)/t19-/m0/s1. The van der Waals surface area contributed by atoms with E-state index in [0.29, 0.717) is 12.4 Å². The summed E-state index contributed by atoms with van der Waals surface area (Å²) in [5, 5.41) is 36.6. The number of hydrogen-bond acceptors (Lipinski definition) is 6. The minimum Gasteiger partial charge on any atom is -0.481 e. The van der Waals surface area contributed by atoms with Crippen LogP contribution < -0.4 is 5.32 Å². The molecule has 2 aromatic heterocycles. The number of rotatable bonds is 8. The second-order valence-electron chi connectivity index (χ2n) is 8.23. The summed E-state index contributed by atoms with van der Waals surface area (Å²) >= 11 is 0. The van der Waals surface area contributed by atoms with Gasteiger partial charge in [-0.15, -0.1) is 10.2 Å². The van der Waals surface area contributed by atoms with Gasteiger partial charge in [0, 0.05) is 39.5 Å². The van der Waals surface area contributed by atoms with E-state index in [2.05, 4.69) is 36.6 Å². The number of carboxylic acid groups (broad SMARTS) is 2. The molecule has 0 saturated heterocycles. The number of tetrazole rings is 1. The van der Waals surface area contributed by atoms with Crippen LogP contribution in [0.15, 0.2) is 66.7 Å². The molecule has 0 bridgehead atoms. The van der Waals surface area contributed by atoms with Crippen LogP contribution in [0.5, 0.6) is 0 Å². The van der Waals surface area contributed by atoms with E-state index >= 15 is 0 Å². The summed E-state index contributed by atoms with van der Waals surface area (Å²) in [6, 6.07) is 19.3. The fourth-order valence-corrected chi connectivity index (χ4v) is 4.21. The van der Waals surface area contributed by atoms with E-state index in [1.807, 2.05) is 36.4 Å². The van der Waals surface area contributed by atoms with Crippen LogP contribution in [0.3, 0.4) is 0 Å². The Labute approximate surface area is 203 Å². The van der Waals surface area contributed by atoms with Gasteiger partial charge in [0.05, 0.1) is 6.42 Å². The number of aromatic nitrogens is 5. The zero-order valence-corrected chi connectivity index (χ0v) is 18.8. The summed E-state index contributed by atoms with van der Waals surface area (Å²) in [4.78, 5) is 34.6. The van der Waals surface area contributed by atoms with Crippen LogP contribution in [0, 0.1) is 0 Å². The van der Waals surface area contributed by atoms with E-state index < -0.39 is 30.3 Å². The number of hydrogen-bond donors (Lipinski definition) is 4. The molecular formula is C25H20N6O5. The van der Waals surface area contributed by atoms with Gasteiger partial charge < -0.3 is 20.1 Å². The van der Waals surface area contributed by atoms with Crippen molar-refractivity contribution in [3.05, 3.63) is 77.9 Å². The number of nitrogens with zero attached hydrogens (tertiary/aromatic N) is 4. The lowest BCUT2D eigenvalue weighted by atomic mass is 10.1. The van der Waals surface area contributed by atoms with Gasteiger partial charge in [0.1, 0.15) is 6.04 Å². The van der Waals surface area contributed by atoms with Gasteiger partial charge in [-0.2, -0.15) is 5.21 Å². The van der Waals surface area contributed by atoms with E-state index in [0.717, 1.165) is 32.9 Å². The Morgan fingerprint density at radius 2 is 1.69 bits per heavy atom. The number of carbonyl (C=O) groups excluding carboxylic acids is 1.